The Balaban J connectivity index is 1.76. The first-order chi connectivity index (χ1) is 12.8. The molecule has 3 rings (SSSR count). The van der Waals surface area contributed by atoms with Gasteiger partial charge >= 0.3 is 0 Å². The summed E-state index contributed by atoms with van der Waals surface area (Å²) in [6.45, 7) is 0.409. The van der Waals surface area contributed by atoms with Crippen molar-refractivity contribution in [3.8, 4) is 0 Å². The normalized spacial score (nSPS) is 11.2. The largest absolute Gasteiger partial charge is 0.337 e. The lowest BCUT2D eigenvalue weighted by molar-refractivity contribution is 0.0785. The zero-order valence-electron chi connectivity index (χ0n) is 15.0. The molecule has 0 saturated carbocycles. The molecule has 8 heteroatoms. The van der Waals surface area contributed by atoms with Crippen LogP contribution in [0.1, 0.15) is 15.9 Å². The number of aryl methyl sites for hydroxylation is 1. The molecule has 2 aromatic carbocycles. The van der Waals surface area contributed by atoms with E-state index in [2.05, 4.69) is 9.82 Å². The van der Waals surface area contributed by atoms with Crippen molar-refractivity contribution in [1.29, 1.82) is 0 Å². The van der Waals surface area contributed by atoms with Gasteiger partial charge in [0.1, 0.15) is 0 Å². The zero-order valence-corrected chi connectivity index (χ0v) is 15.8. The maximum absolute atomic E-state index is 12.7. The lowest BCUT2D eigenvalue weighted by Crippen LogP contribution is -2.26. The summed E-state index contributed by atoms with van der Waals surface area (Å²) in [5.41, 5.74) is 1.64. The lowest BCUT2D eigenvalue weighted by Gasteiger charge is -2.17. The number of nitrogens with zero attached hydrogens (tertiary/aromatic N) is 3. The van der Waals surface area contributed by atoms with Crippen LogP contribution < -0.4 is 4.72 Å². The van der Waals surface area contributed by atoms with E-state index in [-0.39, 0.29) is 10.8 Å². The van der Waals surface area contributed by atoms with E-state index in [4.69, 9.17) is 0 Å². The van der Waals surface area contributed by atoms with Crippen molar-refractivity contribution in [3.05, 3.63) is 78.1 Å². The second kappa shape index (κ2) is 7.63. The van der Waals surface area contributed by atoms with Crippen LogP contribution in [0.25, 0.3) is 0 Å². The summed E-state index contributed by atoms with van der Waals surface area (Å²) >= 11 is 0. The Morgan fingerprint density at radius 2 is 1.89 bits per heavy atom. The van der Waals surface area contributed by atoms with E-state index >= 15 is 0 Å². The summed E-state index contributed by atoms with van der Waals surface area (Å²) in [7, 11) is -0.204. The first-order valence-corrected chi connectivity index (χ1v) is 9.74. The average Bonchev–Trinajstić information content (AvgIpc) is 3.06. The van der Waals surface area contributed by atoms with E-state index in [0.29, 0.717) is 17.8 Å². The summed E-state index contributed by atoms with van der Waals surface area (Å²) in [5.74, 6) is -0.209. The van der Waals surface area contributed by atoms with Crippen molar-refractivity contribution in [2.75, 3.05) is 11.8 Å². The predicted molar refractivity (Wildman–Crippen MR) is 103 cm³/mol. The third-order valence-electron chi connectivity index (χ3n) is 3.94. The quantitative estimate of drug-likeness (QED) is 0.708. The highest BCUT2D eigenvalue weighted by Crippen LogP contribution is 2.18. The molecule has 1 amide bonds. The molecule has 0 radical (unpaired) electrons. The minimum Gasteiger partial charge on any atom is -0.337 e. The average molecular weight is 384 g/mol. The van der Waals surface area contributed by atoms with E-state index in [9.17, 15) is 13.2 Å². The Bertz CT molecular complexity index is 1050. The summed E-state index contributed by atoms with van der Waals surface area (Å²) < 4.78 is 29.1. The van der Waals surface area contributed by atoms with Gasteiger partial charge in [-0.05, 0) is 30.3 Å². The molecule has 0 aliphatic heterocycles. The molecule has 0 aliphatic carbocycles. The third-order valence-corrected chi connectivity index (χ3v) is 5.34. The fourth-order valence-corrected chi connectivity index (χ4v) is 3.72. The molecule has 27 heavy (non-hydrogen) atoms. The first-order valence-electron chi connectivity index (χ1n) is 8.26. The molecule has 7 nitrogen and oxygen atoms in total. The topological polar surface area (TPSA) is 84.3 Å². The van der Waals surface area contributed by atoms with Crippen LogP contribution in [-0.2, 0) is 23.6 Å². The van der Waals surface area contributed by atoms with Crippen molar-refractivity contribution >= 4 is 21.6 Å². The molecule has 0 bridgehead atoms. The molecule has 0 saturated heterocycles. The number of nitrogens with one attached hydrogen (secondary N) is 1. The molecular weight excluding hydrogens is 364 g/mol. The zero-order chi connectivity index (χ0) is 19.4. The summed E-state index contributed by atoms with van der Waals surface area (Å²) in [5, 5.41) is 4.09. The molecule has 140 valence electrons. The van der Waals surface area contributed by atoms with Crippen LogP contribution in [0.2, 0.25) is 0 Å². The number of benzene rings is 2. The molecule has 0 aliphatic rings. The minimum atomic E-state index is -3.71. The van der Waals surface area contributed by atoms with E-state index in [0.717, 1.165) is 5.56 Å². The van der Waals surface area contributed by atoms with Crippen molar-refractivity contribution < 1.29 is 13.2 Å². The molecule has 0 fully saturated rings. The maximum atomic E-state index is 12.7. The second-order valence-corrected chi connectivity index (χ2v) is 7.87. The fourth-order valence-electron chi connectivity index (χ4n) is 2.65. The smallest absolute Gasteiger partial charge is 0.261 e. The molecule has 0 unspecified atom stereocenters. The van der Waals surface area contributed by atoms with Crippen molar-refractivity contribution in [2.24, 2.45) is 7.05 Å². The highest BCUT2D eigenvalue weighted by molar-refractivity contribution is 7.92. The van der Waals surface area contributed by atoms with Gasteiger partial charge in [-0.1, -0.05) is 24.3 Å². The van der Waals surface area contributed by atoms with Gasteiger partial charge in [-0.2, -0.15) is 5.10 Å². The van der Waals surface area contributed by atoms with Gasteiger partial charge in [-0.25, -0.2) is 8.42 Å². The van der Waals surface area contributed by atoms with Crippen molar-refractivity contribution in [1.82, 2.24) is 14.7 Å². The molecule has 1 aromatic heterocycles. The van der Waals surface area contributed by atoms with E-state index in [1.54, 1.807) is 59.2 Å². The summed E-state index contributed by atoms with van der Waals surface area (Å²) in [4.78, 5) is 14.4. The van der Waals surface area contributed by atoms with Crippen molar-refractivity contribution in [3.63, 3.8) is 0 Å². The van der Waals surface area contributed by atoms with Crippen LogP contribution >= 0.6 is 0 Å². The van der Waals surface area contributed by atoms with E-state index in [1.807, 2.05) is 13.2 Å². The van der Waals surface area contributed by atoms with Crippen molar-refractivity contribution in [2.45, 2.75) is 11.4 Å². The molecule has 0 spiro atoms. The Hall–Kier alpha value is -3.13. The number of aromatic nitrogens is 2. The van der Waals surface area contributed by atoms with Gasteiger partial charge in [0.2, 0.25) is 0 Å². The van der Waals surface area contributed by atoms with Gasteiger partial charge in [0.15, 0.2) is 0 Å². The Kier molecular flexibility index (Phi) is 5.27. The fraction of sp³-hybridized carbons (Fsp3) is 0.158. The molecule has 1 heterocycles. The number of hydrogen-bond acceptors (Lipinski definition) is 4. The van der Waals surface area contributed by atoms with Crippen LogP contribution in [0.5, 0.6) is 0 Å². The standard InChI is InChI=1S/C19H20N4O3S/c1-22(13-15-12-20-23(2)14-15)19(24)16-7-6-8-17(11-16)21-27(25,26)18-9-4-3-5-10-18/h3-12,14,21H,13H2,1-2H3. The van der Waals surface area contributed by atoms with Crippen LogP contribution in [0.4, 0.5) is 5.69 Å². The van der Waals surface area contributed by atoms with Crippen LogP contribution in [0.15, 0.2) is 71.9 Å². The van der Waals surface area contributed by atoms with E-state index in [1.165, 1.54) is 18.2 Å². The number of carbonyl (C=O) groups excluding carboxylic acids is 1. The SMILES string of the molecule is CN(Cc1cnn(C)c1)C(=O)c1cccc(NS(=O)(=O)c2ccccc2)c1. The van der Waals surface area contributed by atoms with Crippen LogP contribution in [0.3, 0.4) is 0 Å². The minimum absolute atomic E-state index is 0.162. The second-order valence-electron chi connectivity index (χ2n) is 6.18. The predicted octanol–water partition coefficient (Wildman–Crippen LogP) is 2.49. The Morgan fingerprint density at radius 3 is 2.56 bits per heavy atom. The van der Waals surface area contributed by atoms with Gasteiger partial charge < -0.3 is 4.90 Å². The molecule has 0 atom stereocenters. The monoisotopic (exact) mass is 384 g/mol. The summed E-state index contributed by atoms with van der Waals surface area (Å²) in [6.07, 6.45) is 3.54. The highest BCUT2D eigenvalue weighted by atomic mass is 32.2. The van der Waals surface area contributed by atoms with E-state index < -0.39 is 10.0 Å². The van der Waals surface area contributed by atoms with Crippen LogP contribution in [-0.4, -0.2) is 36.1 Å². The van der Waals surface area contributed by atoms with Gasteiger partial charge in [0, 0.05) is 43.7 Å². The van der Waals surface area contributed by atoms with Crippen LogP contribution in [0, 0.1) is 0 Å². The number of rotatable bonds is 6. The molecular formula is C19H20N4O3S. The Labute approximate surface area is 158 Å². The number of anilines is 1. The highest BCUT2D eigenvalue weighted by Gasteiger charge is 2.16. The number of carbonyl (C=O) groups is 1. The molecule has 1 N–H and O–H groups in total. The number of sulfonamides is 1. The number of hydrogen-bond donors (Lipinski definition) is 1. The first kappa shape index (κ1) is 18.7. The third kappa shape index (κ3) is 4.53. The van der Waals surface area contributed by atoms with Gasteiger partial charge in [-0.3, -0.25) is 14.2 Å². The summed E-state index contributed by atoms with van der Waals surface area (Å²) in [6, 6.07) is 14.5. The molecule has 3 aromatic rings. The maximum Gasteiger partial charge on any atom is 0.261 e. The Morgan fingerprint density at radius 1 is 1.15 bits per heavy atom. The number of amides is 1. The lowest BCUT2D eigenvalue weighted by atomic mass is 10.1. The van der Waals surface area contributed by atoms with Gasteiger partial charge in [0.25, 0.3) is 15.9 Å². The van der Waals surface area contributed by atoms with Gasteiger partial charge in [0.05, 0.1) is 11.1 Å². The van der Waals surface area contributed by atoms with Gasteiger partial charge in [-0.15, -0.1) is 0 Å².